The number of esters is 1. The lowest BCUT2D eigenvalue weighted by molar-refractivity contribution is 0.0514. The Bertz CT molecular complexity index is 986. The number of hydrogen-bond donors (Lipinski definition) is 0. The van der Waals surface area contributed by atoms with Gasteiger partial charge in [0, 0.05) is 22.5 Å². The maximum Gasteiger partial charge on any atom is 0.354 e. The van der Waals surface area contributed by atoms with E-state index in [2.05, 4.69) is 35.1 Å². The first kappa shape index (κ1) is 17.9. The number of aromatic nitrogens is 1. The molecule has 0 atom stereocenters. The highest BCUT2D eigenvalue weighted by Gasteiger charge is 2.28. The van der Waals surface area contributed by atoms with Crippen LogP contribution < -0.4 is 4.74 Å². The first-order valence-electron chi connectivity index (χ1n) is 9.32. The van der Waals surface area contributed by atoms with Crippen LogP contribution in [0.5, 0.6) is 5.75 Å². The van der Waals surface area contributed by atoms with Crippen LogP contribution in [0.3, 0.4) is 0 Å². The van der Waals surface area contributed by atoms with Crippen molar-refractivity contribution in [3.8, 4) is 27.4 Å². The van der Waals surface area contributed by atoms with Gasteiger partial charge >= 0.3 is 5.97 Å². The van der Waals surface area contributed by atoms with Gasteiger partial charge in [-0.1, -0.05) is 13.0 Å². The number of fused-ring (bicyclic) bond motifs is 3. The molecule has 0 radical (unpaired) electrons. The topological polar surface area (TPSA) is 40.5 Å². The minimum atomic E-state index is -0.255. The highest BCUT2D eigenvalue weighted by molar-refractivity contribution is 7.13. The van der Waals surface area contributed by atoms with E-state index in [9.17, 15) is 4.79 Å². The van der Waals surface area contributed by atoms with Gasteiger partial charge in [-0.3, -0.25) is 0 Å². The van der Waals surface area contributed by atoms with Crippen molar-refractivity contribution in [1.29, 1.82) is 0 Å². The fourth-order valence-corrected chi connectivity index (χ4v) is 4.60. The molecule has 4 rings (SSSR count). The van der Waals surface area contributed by atoms with Crippen LogP contribution in [-0.4, -0.2) is 24.3 Å². The first-order chi connectivity index (χ1) is 13.2. The van der Waals surface area contributed by atoms with Gasteiger partial charge in [-0.25, -0.2) is 4.79 Å². The predicted molar refractivity (Wildman–Crippen MR) is 109 cm³/mol. The molecule has 0 amide bonds. The van der Waals surface area contributed by atoms with Crippen LogP contribution in [0.25, 0.3) is 21.7 Å². The van der Waals surface area contributed by atoms with Gasteiger partial charge in [-0.2, -0.15) is 0 Å². The molecule has 0 saturated carbocycles. The van der Waals surface area contributed by atoms with Crippen molar-refractivity contribution in [2.45, 2.75) is 33.2 Å². The Balaban J connectivity index is 1.97. The standard InChI is InChI=1S/C22H23NO3S/c1-4-14-11-16-15(12-19(14)25-3)8-9-23-18(22(24)26-5-2)13-17(21(16)23)20-7-6-10-27-20/h6-7,10-13H,4-5,8-9H2,1-3H3. The minimum absolute atomic E-state index is 0.255. The number of ether oxygens (including phenoxy) is 2. The Morgan fingerprint density at radius 3 is 2.74 bits per heavy atom. The molecule has 0 N–H and O–H groups in total. The largest absolute Gasteiger partial charge is 0.496 e. The Morgan fingerprint density at radius 1 is 1.22 bits per heavy atom. The number of benzene rings is 1. The van der Waals surface area contributed by atoms with Crippen molar-refractivity contribution < 1.29 is 14.3 Å². The molecule has 1 aromatic carbocycles. The summed E-state index contributed by atoms with van der Waals surface area (Å²) in [4.78, 5) is 13.7. The summed E-state index contributed by atoms with van der Waals surface area (Å²) in [6, 6.07) is 10.5. The highest BCUT2D eigenvalue weighted by Crippen LogP contribution is 2.43. The lowest BCUT2D eigenvalue weighted by Gasteiger charge is -2.24. The molecule has 0 saturated heterocycles. The Labute approximate surface area is 163 Å². The van der Waals surface area contributed by atoms with Crippen molar-refractivity contribution in [3.63, 3.8) is 0 Å². The minimum Gasteiger partial charge on any atom is -0.496 e. The third-order valence-electron chi connectivity index (χ3n) is 5.12. The number of nitrogens with zero attached hydrogens (tertiary/aromatic N) is 1. The van der Waals surface area contributed by atoms with E-state index < -0.39 is 0 Å². The van der Waals surface area contributed by atoms with Crippen LogP contribution in [0, 0.1) is 0 Å². The number of thiophene rings is 1. The van der Waals surface area contributed by atoms with E-state index in [-0.39, 0.29) is 5.97 Å². The smallest absolute Gasteiger partial charge is 0.354 e. The second-order valence-corrected chi connectivity index (χ2v) is 7.51. The predicted octanol–water partition coefficient (Wildman–Crippen LogP) is 5.19. The number of rotatable bonds is 5. The molecular formula is C22H23NO3S. The summed E-state index contributed by atoms with van der Waals surface area (Å²) in [7, 11) is 1.72. The lowest BCUT2D eigenvalue weighted by Crippen LogP contribution is -2.18. The zero-order valence-electron chi connectivity index (χ0n) is 15.9. The molecule has 1 aliphatic rings. The van der Waals surface area contributed by atoms with Gasteiger partial charge in [0.05, 0.1) is 19.4 Å². The quantitative estimate of drug-likeness (QED) is 0.571. The first-order valence-corrected chi connectivity index (χ1v) is 10.2. The van der Waals surface area contributed by atoms with E-state index in [4.69, 9.17) is 9.47 Å². The summed E-state index contributed by atoms with van der Waals surface area (Å²) in [5.41, 5.74) is 6.48. The molecule has 4 nitrogen and oxygen atoms in total. The molecule has 0 fully saturated rings. The molecule has 140 valence electrons. The fraction of sp³-hybridized carbons (Fsp3) is 0.318. The van der Waals surface area contributed by atoms with E-state index in [1.807, 2.05) is 19.1 Å². The summed E-state index contributed by atoms with van der Waals surface area (Å²) in [6.07, 6.45) is 1.77. The molecule has 3 heterocycles. The van der Waals surface area contributed by atoms with E-state index >= 15 is 0 Å². The molecule has 27 heavy (non-hydrogen) atoms. The van der Waals surface area contributed by atoms with Crippen molar-refractivity contribution in [1.82, 2.24) is 4.57 Å². The van der Waals surface area contributed by atoms with Crippen LogP contribution in [0.1, 0.15) is 35.5 Å². The maximum atomic E-state index is 12.6. The second-order valence-electron chi connectivity index (χ2n) is 6.57. The molecule has 0 bridgehead atoms. The molecule has 3 aromatic rings. The zero-order chi connectivity index (χ0) is 19.0. The molecule has 0 unspecified atom stereocenters. The third kappa shape index (κ3) is 2.96. The average molecular weight is 381 g/mol. The number of aryl methyl sites for hydroxylation is 2. The molecular weight excluding hydrogens is 358 g/mol. The van der Waals surface area contributed by atoms with E-state index in [1.54, 1.807) is 18.4 Å². The van der Waals surface area contributed by atoms with Crippen LogP contribution in [0.15, 0.2) is 35.7 Å². The summed E-state index contributed by atoms with van der Waals surface area (Å²) >= 11 is 1.69. The summed E-state index contributed by atoms with van der Waals surface area (Å²) in [5, 5.41) is 2.07. The van der Waals surface area contributed by atoms with Gasteiger partial charge in [0.1, 0.15) is 11.4 Å². The Hall–Kier alpha value is -2.53. The number of methoxy groups -OCH3 is 1. The zero-order valence-corrected chi connectivity index (χ0v) is 16.7. The monoisotopic (exact) mass is 381 g/mol. The third-order valence-corrected chi connectivity index (χ3v) is 6.02. The molecule has 0 aliphatic carbocycles. The van der Waals surface area contributed by atoms with Crippen molar-refractivity contribution in [2.24, 2.45) is 0 Å². The highest BCUT2D eigenvalue weighted by atomic mass is 32.1. The number of carbonyl (C=O) groups is 1. The molecule has 0 spiro atoms. The summed E-state index contributed by atoms with van der Waals surface area (Å²) in [6.45, 7) is 5.11. The van der Waals surface area contributed by atoms with Crippen molar-refractivity contribution in [3.05, 3.63) is 52.5 Å². The maximum absolute atomic E-state index is 12.6. The Morgan fingerprint density at radius 2 is 2.07 bits per heavy atom. The van der Waals surface area contributed by atoms with Gasteiger partial charge in [0.25, 0.3) is 0 Å². The average Bonchev–Trinajstić information content (AvgIpc) is 3.34. The van der Waals surface area contributed by atoms with E-state index in [0.29, 0.717) is 12.3 Å². The SMILES string of the molecule is CCOC(=O)c1cc(-c2cccs2)c2n1CCc1cc(OC)c(CC)cc1-2. The fourth-order valence-electron chi connectivity index (χ4n) is 3.86. The van der Waals surface area contributed by atoms with Gasteiger partial charge < -0.3 is 14.0 Å². The normalized spacial score (nSPS) is 12.4. The number of carbonyl (C=O) groups excluding carboxylic acids is 1. The molecule has 2 aromatic heterocycles. The van der Waals surface area contributed by atoms with Crippen LogP contribution in [0.4, 0.5) is 0 Å². The lowest BCUT2D eigenvalue weighted by atomic mass is 9.92. The molecule has 5 heteroatoms. The second kappa shape index (κ2) is 7.24. The van der Waals surface area contributed by atoms with Crippen LogP contribution >= 0.6 is 11.3 Å². The van der Waals surface area contributed by atoms with Crippen molar-refractivity contribution in [2.75, 3.05) is 13.7 Å². The van der Waals surface area contributed by atoms with Gasteiger partial charge in [0.2, 0.25) is 0 Å². The molecule has 1 aliphatic heterocycles. The van der Waals surface area contributed by atoms with Gasteiger partial charge in [0.15, 0.2) is 0 Å². The van der Waals surface area contributed by atoms with Crippen LogP contribution in [-0.2, 0) is 24.1 Å². The van der Waals surface area contributed by atoms with Gasteiger partial charge in [-0.15, -0.1) is 11.3 Å². The van der Waals surface area contributed by atoms with E-state index in [0.717, 1.165) is 41.3 Å². The van der Waals surface area contributed by atoms with Gasteiger partial charge in [-0.05, 0) is 60.5 Å². The summed E-state index contributed by atoms with van der Waals surface area (Å²) in [5.74, 6) is 0.689. The van der Waals surface area contributed by atoms with Crippen LogP contribution in [0.2, 0.25) is 0 Å². The van der Waals surface area contributed by atoms with E-state index in [1.165, 1.54) is 16.7 Å². The summed E-state index contributed by atoms with van der Waals surface area (Å²) < 4.78 is 13.0. The van der Waals surface area contributed by atoms with Crippen molar-refractivity contribution >= 4 is 17.3 Å². The number of hydrogen-bond acceptors (Lipinski definition) is 4. The Kier molecular flexibility index (Phi) is 4.79.